The normalized spacial score (nSPS) is 16.9. The molecule has 196 valence electrons. The van der Waals surface area contributed by atoms with E-state index in [-0.39, 0.29) is 18.0 Å². The Bertz CT molecular complexity index is 968. The maximum Gasteiger partial charge on any atom is 0.307 e. The lowest BCUT2D eigenvalue weighted by atomic mass is 9.78. The van der Waals surface area contributed by atoms with Crippen LogP contribution >= 0.6 is 0 Å². The van der Waals surface area contributed by atoms with Crippen molar-refractivity contribution in [2.45, 2.75) is 71.3 Å². The van der Waals surface area contributed by atoms with Gasteiger partial charge in [-0.15, -0.1) is 0 Å². The first-order valence-electron chi connectivity index (χ1n) is 13.2. The van der Waals surface area contributed by atoms with Crippen LogP contribution in [0.4, 0.5) is 0 Å². The summed E-state index contributed by atoms with van der Waals surface area (Å²) in [6.45, 7) is 11.6. The third kappa shape index (κ3) is 8.66. The van der Waals surface area contributed by atoms with Crippen molar-refractivity contribution in [2.24, 2.45) is 0 Å². The zero-order chi connectivity index (χ0) is 26.0. The van der Waals surface area contributed by atoms with Gasteiger partial charge in [-0.25, -0.2) is 0 Å². The lowest BCUT2D eigenvalue weighted by molar-refractivity contribution is -0.144. The molecule has 1 aliphatic heterocycles. The van der Waals surface area contributed by atoms with E-state index >= 15 is 0 Å². The van der Waals surface area contributed by atoms with E-state index in [9.17, 15) is 9.59 Å². The van der Waals surface area contributed by atoms with Crippen LogP contribution in [0.25, 0.3) is 0 Å². The molecule has 0 spiro atoms. The van der Waals surface area contributed by atoms with Gasteiger partial charge in [0, 0.05) is 37.4 Å². The molecule has 0 amide bonds. The second kappa shape index (κ2) is 13.4. The van der Waals surface area contributed by atoms with Gasteiger partial charge in [0.05, 0.1) is 13.0 Å². The van der Waals surface area contributed by atoms with Gasteiger partial charge in [0.15, 0.2) is 0 Å². The molecule has 36 heavy (non-hydrogen) atoms. The highest BCUT2D eigenvalue weighted by atomic mass is 16.6. The van der Waals surface area contributed by atoms with E-state index in [4.69, 9.17) is 14.2 Å². The Morgan fingerprint density at radius 3 is 1.94 bits per heavy atom. The van der Waals surface area contributed by atoms with Gasteiger partial charge in [-0.05, 0) is 55.2 Å². The molecule has 1 heterocycles. The largest absolute Gasteiger partial charge is 0.494 e. The van der Waals surface area contributed by atoms with Crippen LogP contribution in [-0.2, 0) is 19.7 Å². The number of Topliss-reactive ketones (excluding diaryl/α,β-unsaturated/α-hetero) is 1. The summed E-state index contributed by atoms with van der Waals surface area (Å²) in [5.74, 6) is 1.71. The van der Waals surface area contributed by atoms with E-state index in [1.54, 1.807) is 0 Å². The van der Waals surface area contributed by atoms with Crippen LogP contribution in [-0.4, -0.2) is 55.6 Å². The number of benzene rings is 2. The van der Waals surface area contributed by atoms with E-state index < -0.39 is 0 Å². The van der Waals surface area contributed by atoms with Crippen molar-refractivity contribution in [3.05, 3.63) is 59.7 Å². The van der Waals surface area contributed by atoms with Crippen LogP contribution in [0.2, 0.25) is 0 Å². The second-order valence-corrected chi connectivity index (χ2v) is 10.1. The Hall–Kier alpha value is -2.86. The molecule has 0 radical (unpaired) electrons. The fourth-order valence-electron chi connectivity index (χ4n) is 4.19. The minimum Gasteiger partial charge on any atom is -0.494 e. The smallest absolute Gasteiger partial charge is 0.307 e. The molecule has 2 unspecified atom stereocenters. The van der Waals surface area contributed by atoms with E-state index in [0.29, 0.717) is 44.3 Å². The molecule has 0 N–H and O–H groups in total. The molecule has 3 rings (SSSR count). The molecule has 0 aromatic heterocycles. The number of ketones is 1. The van der Waals surface area contributed by atoms with Crippen molar-refractivity contribution >= 4 is 11.8 Å². The molecule has 6 heteroatoms. The molecule has 2 aromatic rings. The highest BCUT2D eigenvalue weighted by Crippen LogP contribution is 2.33. The SMILES string of the molecule is CCCC(=O)CCCOc1ccc(C(C)(C)c2ccc(OCCOC(=O)CCN3CC3C)cc2)cc1. The standard InChI is InChI=1S/C30H41NO5/c1-5-7-26(32)8-6-19-34-27-13-9-24(10-14-27)30(3,4)25-11-15-28(16-12-25)35-20-21-36-29(33)17-18-31-22-23(31)2/h9-16,23H,5-8,17-22H2,1-4H3. The Balaban J connectivity index is 1.40. The third-order valence-electron chi connectivity index (χ3n) is 6.76. The number of ether oxygens (including phenoxy) is 3. The van der Waals surface area contributed by atoms with Crippen molar-refractivity contribution < 1.29 is 23.8 Å². The zero-order valence-electron chi connectivity index (χ0n) is 22.3. The van der Waals surface area contributed by atoms with Gasteiger partial charge >= 0.3 is 5.97 Å². The number of carbonyl (C=O) groups excluding carboxylic acids is 2. The van der Waals surface area contributed by atoms with Crippen LogP contribution in [0.15, 0.2) is 48.5 Å². The summed E-state index contributed by atoms with van der Waals surface area (Å²) < 4.78 is 16.8. The maximum atomic E-state index is 11.8. The Morgan fingerprint density at radius 2 is 1.42 bits per heavy atom. The van der Waals surface area contributed by atoms with Crippen molar-refractivity contribution in [2.75, 3.05) is 32.9 Å². The van der Waals surface area contributed by atoms with Crippen molar-refractivity contribution in [3.8, 4) is 11.5 Å². The van der Waals surface area contributed by atoms with Gasteiger partial charge < -0.3 is 14.2 Å². The van der Waals surface area contributed by atoms with E-state index in [2.05, 4.69) is 49.9 Å². The summed E-state index contributed by atoms with van der Waals surface area (Å²) in [6.07, 6.45) is 3.33. The molecule has 0 saturated carbocycles. The number of hydrogen-bond acceptors (Lipinski definition) is 6. The van der Waals surface area contributed by atoms with Gasteiger partial charge in [0.1, 0.15) is 30.5 Å². The van der Waals surface area contributed by atoms with Crippen molar-refractivity contribution in [1.82, 2.24) is 4.90 Å². The molecule has 1 fully saturated rings. The van der Waals surface area contributed by atoms with E-state index in [0.717, 1.165) is 37.4 Å². The molecule has 6 nitrogen and oxygen atoms in total. The molecule has 1 saturated heterocycles. The number of esters is 1. The lowest BCUT2D eigenvalue weighted by Gasteiger charge is -2.26. The molecular weight excluding hydrogens is 454 g/mol. The van der Waals surface area contributed by atoms with Gasteiger partial charge in [-0.2, -0.15) is 0 Å². The summed E-state index contributed by atoms with van der Waals surface area (Å²) in [5, 5.41) is 0. The highest BCUT2D eigenvalue weighted by molar-refractivity contribution is 5.78. The summed E-state index contributed by atoms with van der Waals surface area (Å²) in [4.78, 5) is 25.7. The Labute approximate surface area is 215 Å². The van der Waals surface area contributed by atoms with Gasteiger partial charge in [0.25, 0.3) is 0 Å². The van der Waals surface area contributed by atoms with E-state index in [1.807, 2.05) is 31.2 Å². The summed E-state index contributed by atoms with van der Waals surface area (Å²) in [7, 11) is 0. The minimum absolute atomic E-state index is 0.173. The van der Waals surface area contributed by atoms with Crippen LogP contribution in [0.5, 0.6) is 11.5 Å². The fraction of sp³-hybridized carbons (Fsp3) is 0.533. The monoisotopic (exact) mass is 495 g/mol. The molecule has 0 bridgehead atoms. The average molecular weight is 496 g/mol. The van der Waals surface area contributed by atoms with Gasteiger partial charge in [0.2, 0.25) is 0 Å². The van der Waals surface area contributed by atoms with Crippen molar-refractivity contribution in [1.29, 1.82) is 0 Å². The fourth-order valence-corrected chi connectivity index (χ4v) is 4.19. The molecule has 0 aliphatic carbocycles. The highest BCUT2D eigenvalue weighted by Gasteiger charge is 2.28. The summed E-state index contributed by atoms with van der Waals surface area (Å²) >= 11 is 0. The van der Waals surface area contributed by atoms with Crippen molar-refractivity contribution in [3.63, 3.8) is 0 Å². The van der Waals surface area contributed by atoms with Crippen LogP contribution in [0, 0.1) is 0 Å². The Morgan fingerprint density at radius 1 is 0.861 bits per heavy atom. The molecule has 2 atom stereocenters. The van der Waals surface area contributed by atoms with Crippen LogP contribution < -0.4 is 9.47 Å². The van der Waals surface area contributed by atoms with Gasteiger partial charge in [-0.1, -0.05) is 45.0 Å². The van der Waals surface area contributed by atoms with Gasteiger partial charge in [-0.3, -0.25) is 14.5 Å². The molecule has 1 aliphatic rings. The summed E-state index contributed by atoms with van der Waals surface area (Å²) in [6, 6.07) is 16.8. The molecular formula is C30H41NO5. The maximum absolute atomic E-state index is 11.8. The number of nitrogens with zero attached hydrogens (tertiary/aromatic N) is 1. The molecule has 2 aromatic carbocycles. The van der Waals surface area contributed by atoms with Crippen LogP contribution in [0.1, 0.15) is 70.9 Å². The number of rotatable bonds is 16. The average Bonchev–Trinajstić information content (AvgIpc) is 3.59. The predicted molar refractivity (Wildman–Crippen MR) is 142 cm³/mol. The zero-order valence-corrected chi connectivity index (χ0v) is 22.3. The minimum atomic E-state index is -0.186. The number of hydrogen-bond donors (Lipinski definition) is 0. The topological polar surface area (TPSA) is 64.8 Å². The summed E-state index contributed by atoms with van der Waals surface area (Å²) in [5.41, 5.74) is 2.17. The number of carbonyl (C=O) groups is 2. The van der Waals surface area contributed by atoms with Crippen LogP contribution in [0.3, 0.4) is 0 Å². The first-order valence-corrected chi connectivity index (χ1v) is 13.2. The lowest BCUT2D eigenvalue weighted by Crippen LogP contribution is -2.19. The predicted octanol–water partition coefficient (Wildman–Crippen LogP) is 5.56. The third-order valence-corrected chi connectivity index (χ3v) is 6.76. The first kappa shape index (κ1) is 27.7. The van der Waals surface area contributed by atoms with E-state index in [1.165, 1.54) is 11.1 Å². The first-order chi connectivity index (χ1) is 17.3. The Kier molecular flexibility index (Phi) is 10.4. The quantitative estimate of drug-likeness (QED) is 0.173. The second-order valence-electron chi connectivity index (χ2n) is 10.1.